The van der Waals surface area contributed by atoms with Crippen LogP contribution in [0.15, 0.2) is 36.7 Å². The molecular weight excluding hydrogens is 236 g/mol. The number of nitrogens with zero attached hydrogens (tertiary/aromatic N) is 1. The summed E-state index contributed by atoms with van der Waals surface area (Å²) in [6.07, 6.45) is 9.02. The van der Waals surface area contributed by atoms with Gasteiger partial charge < -0.3 is 15.0 Å². The lowest BCUT2D eigenvalue weighted by Crippen LogP contribution is -2.31. The summed E-state index contributed by atoms with van der Waals surface area (Å²) in [5.74, 6) is 0. The van der Waals surface area contributed by atoms with Crippen molar-refractivity contribution >= 4 is 6.29 Å². The molecule has 0 bridgehead atoms. The summed E-state index contributed by atoms with van der Waals surface area (Å²) in [5, 5.41) is 3.53. The van der Waals surface area contributed by atoms with Crippen LogP contribution in [0.4, 0.5) is 0 Å². The Morgan fingerprint density at radius 2 is 1.79 bits per heavy atom. The van der Waals surface area contributed by atoms with Crippen LogP contribution in [-0.4, -0.2) is 30.8 Å². The van der Waals surface area contributed by atoms with Gasteiger partial charge in [-0.15, -0.1) is 0 Å². The maximum Gasteiger partial charge on any atom is 0.139 e. The van der Waals surface area contributed by atoms with E-state index in [0.717, 1.165) is 43.4 Å². The van der Waals surface area contributed by atoms with Crippen LogP contribution >= 0.6 is 0 Å². The second-order valence-electron chi connectivity index (χ2n) is 4.67. The number of hydrogen-bond acceptors (Lipinski definition) is 3. The Bertz CT molecular complexity index is 315. The van der Waals surface area contributed by atoms with E-state index in [9.17, 15) is 4.79 Å². The van der Waals surface area contributed by atoms with Crippen molar-refractivity contribution in [2.24, 2.45) is 0 Å². The van der Waals surface area contributed by atoms with Gasteiger partial charge in [0.2, 0.25) is 0 Å². The summed E-state index contributed by atoms with van der Waals surface area (Å²) in [5.41, 5.74) is 1.87. The van der Waals surface area contributed by atoms with Gasteiger partial charge >= 0.3 is 0 Å². The van der Waals surface area contributed by atoms with Gasteiger partial charge in [0.15, 0.2) is 0 Å². The molecule has 0 aromatic heterocycles. The van der Waals surface area contributed by atoms with Crippen molar-refractivity contribution in [2.75, 3.05) is 13.6 Å². The summed E-state index contributed by atoms with van der Waals surface area (Å²) < 4.78 is 0. The van der Waals surface area contributed by atoms with E-state index >= 15 is 0 Å². The van der Waals surface area contributed by atoms with E-state index in [1.807, 2.05) is 11.9 Å². The first kappa shape index (κ1) is 17.5. The maximum absolute atomic E-state index is 10.6. The van der Waals surface area contributed by atoms with Crippen molar-refractivity contribution in [1.29, 1.82) is 0 Å². The zero-order valence-corrected chi connectivity index (χ0v) is 12.6. The predicted molar refractivity (Wildman–Crippen MR) is 82.9 cm³/mol. The van der Waals surface area contributed by atoms with E-state index in [-0.39, 0.29) is 0 Å². The minimum atomic E-state index is 0.354. The molecule has 1 N–H and O–H groups in total. The Hall–Kier alpha value is -1.51. The fraction of sp³-hybridized carbons (Fsp3) is 0.562. The summed E-state index contributed by atoms with van der Waals surface area (Å²) in [6.45, 7) is 12.4. The summed E-state index contributed by atoms with van der Waals surface area (Å²) >= 11 is 0. The van der Waals surface area contributed by atoms with Crippen molar-refractivity contribution in [3.8, 4) is 0 Å². The van der Waals surface area contributed by atoms with Gasteiger partial charge in [-0.1, -0.05) is 39.8 Å². The van der Waals surface area contributed by atoms with Crippen LogP contribution in [0.5, 0.6) is 0 Å². The molecular formula is C16H28N2O. The molecule has 0 atom stereocenters. The monoisotopic (exact) mass is 264 g/mol. The Morgan fingerprint density at radius 1 is 1.21 bits per heavy atom. The van der Waals surface area contributed by atoms with E-state index < -0.39 is 0 Å². The molecule has 0 amide bonds. The second-order valence-corrected chi connectivity index (χ2v) is 4.67. The van der Waals surface area contributed by atoms with Gasteiger partial charge in [-0.3, -0.25) is 0 Å². The van der Waals surface area contributed by atoms with Crippen molar-refractivity contribution in [3.05, 3.63) is 36.7 Å². The first-order valence-corrected chi connectivity index (χ1v) is 7.04. The highest BCUT2D eigenvalue weighted by molar-refractivity contribution is 5.53. The average molecular weight is 264 g/mol. The number of carbonyl (C=O) groups excluding carboxylic acids is 1. The smallest absolute Gasteiger partial charge is 0.139 e. The quantitative estimate of drug-likeness (QED) is 0.459. The van der Waals surface area contributed by atoms with Crippen molar-refractivity contribution in [1.82, 2.24) is 10.2 Å². The van der Waals surface area contributed by atoms with Crippen LogP contribution in [0.1, 0.15) is 39.5 Å². The van der Waals surface area contributed by atoms with Crippen molar-refractivity contribution < 1.29 is 4.79 Å². The number of hydrogen-bond donors (Lipinski definition) is 1. The first-order valence-electron chi connectivity index (χ1n) is 7.04. The molecule has 0 spiro atoms. The van der Waals surface area contributed by atoms with Crippen LogP contribution in [0.3, 0.4) is 0 Å². The zero-order valence-electron chi connectivity index (χ0n) is 12.6. The third-order valence-electron chi connectivity index (χ3n) is 3.07. The third kappa shape index (κ3) is 6.27. The van der Waals surface area contributed by atoms with Crippen LogP contribution in [0.2, 0.25) is 0 Å². The summed E-state index contributed by atoms with van der Waals surface area (Å²) in [7, 11) is 1.88. The fourth-order valence-corrected chi connectivity index (χ4v) is 2.12. The topological polar surface area (TPSA) is 32.3 Å². The molecule has 0 heterocycles. The lowest BCUT2D eigenvalue weighted by Gasteiger charge is -2.25. The van der Waals surface area contributed by atoms with E-state index in [1.54, 1.807) is 12.2 Å². The van der Waals surface area contributed by atoms with E-state index in [0.29, 0.717) is 12.6 Å². The van der Waals surface area contributed by atoms with Gasteiger partial charge in [0.1, 0.15) is 6.29 Å². The highest BCUT2D eigenvalue weighted by atomic mass is 16.1. The molecule has 3 heteroatoms. The number of likely N-dealkylation sites (N-methyl/N-ethyl adjacent to an activating group) is 1. The maximum atomic E-state index is 10.6. The Balaban J connectivity index is 5.04. The highest BCUT2D eigenvalue weighted by Gasteiger charge is 2.11. The molecule has 0 fully saturated rings. The van der Waals surface area contributed by atoms with Gasteiger partial charge in [-0.05, 0) is 25.0 Å². The molecule has 0 saturated heterocycles. The van der Waals surface area contributed by atoms with Crippen LogP contribution in [0.25, 0.3) is 0 Å². The number of carbonyl (C=O) groups is 1. The lowest BCUT2D eigenvalue weighted by molar-refractivity contribution is -0.108. The van der Waals surface area contributed by atoms with Crippen molar-refractivity contribution in [2.45, 2.75) is 45.6 Å². The normalized spacial score (nSPS) is 11.8. The Kier molecular flexibility index (Phi) is 9.59. The first-order chi connectivity index (χ1) is 9.14. The molecule has 0 unspecified atom stereocenters. The van der Waals surface area contributed by atoms with Gasteiger partial charge in [0.25, 0.3) is 0 Å². The minimum Gasteiger partial charge on any atom is -0.381 e. The van der Waals surface area contributed by atoms with E-state index in [2.05, 4.69) is 32.3 Å². The molecule has 0 aromatic rings. The fourth-order valence-electron chi connectivity index (χ4n) is 2.12. The number of allylic oxidation sites excluding steroid dienone is 2. The van der Waals surface area contributed by atoms with Crippen LogP contribution < -0.4 is 5.32 Å². The third-order valence-corrected chi connectivity index (χ3v) is 3.07. The van der Waals surface area contributed by atoms with Gasteiger partial charge in [-0.25, -0.2) is 0 Å². The molecule has 19 heavy (non-hydrogen) atoms. The molecule has 3 nitrogen and oxygen atoms in total. The molecule has 0 aromatic carbocycles. The highest BCUT2D eigenvalue weighted by Crippen LogP contribution is 2.13. The zero-order chi connectivity index (χ0) is 14.7. The van der Waals surface area contributed by atoms with Gasteiger partial charge in [-0.2, -0.15) is 0 Å². The van der Waals surface area contributed by atoms with Crippen LogP contribution in [-0.2, 0) is 4.79 Å². The standard InChI is InChI=1S/C16H28N2O/c1-6-10-14(11-7-2)17-15(8-3)16(9-4)18(5)12-13-19/h8-9,13-14,17H,3-4,6-7,10-12H2,1-2,5H3/b16-15-. The average Bonchev–Trinajstić information content (AvgIpc) is 2.39. The Labute approximate surface area is 118 Å². The molecule has 0 aliphatic heterocycles. The van der Waals surface area contributed by atoms with Crippen LogP contribution in [0, 0.1) is 0 Å². The van der Waals surface area contributed by atoms with Gasteiger partial charge in [0.05, 0.1) is 17.9 Å². The second kappa shape index (κ2) is 10.4. The molecule has 0 aliphatic rings. The molecule has 0 rings (SSSR count). The minimum absolute atomic E-state index is 0.354. The summed E-state index contributed by atoms with van der Waals surface area (Å²) in [4.78, 5) is 12.5. The molecule has 108 valence electrons. The Morgan fingerprint density at radius 3 is 2.16 bits per heavy atom. The predicted octanol–water partition coefficient (Wildman–Crippen LogP) is 3.26. The molecule has 0 aliphatic carbocycles. The van der Waals surface area contributed by atoms with Crippen molar-refractivity contribution in [3.63, 3.8) is 0 Å². The SMILES string of the molecule is C=C/C(NC(CCC)CCC)=C(\C=C)N(C)CC=O. The molecule has 0 radical (unpaired) electrons. The largest absolute Gasteiger partial charge is 0.381 e. The lowest BCUT2D eigenvalue weighted by atomic mass is 10.1. The summed E-state index contributed by atoms with van der Waals surface area (Å²) in [6, 6.07) is 0.447. The number of nitrogens with one attached hydrogen (secondary N) is 1. The van der Waals surface area contributed by atoms with E-state index in [4.69, 9.17) is 0 Å². The van der Waals surface area contributed by atoms with Gasteiger partial charge in [0, 0.05) is 13.1 Å². The number of rotatable bonds is 11. The number of aldehydes is 1. The van der Waals surface area contributed by atoms with E-state index in [1.165, 1.54) is 0 Å². The molecule has 0 saturated carbocycles.